The minimum Gasteiger partial charge on any atom is -0.463 e. The van der Waals surface area contributed by atoms with Gasteiger partial charge in [0.1, 0.15) is 5.69 Å². The Morgan fingerprint density at radius 1 is 1.41 bits per heavy atom. The Hall–Kier alpha value is -3.16. The normalized spacial score (nSPS) is 13.4. The van der Waals surface area contributed by atoms with E-state index in [1.807, 2.05) is 0 Å². The first-order chi connectivity index (χ1) is 10.7. The van der Waals surface area contributed by atoms with Crippen LogP contribution in [0.15, 0.2) is 35.1 Å². The van der Waals surface area contributed by atoms with Gasteiger partial charge < -0.3 is 15.1 Å². The summed E-state index contributed by atoms with van der Waals surface area (Å²) in [5.74, 6) is 0.674. The van der Waals surface area contributed by atoms with E-state index in [1.54, 1.807) is 35.6 Å². The second kappa shape index (κ2) is 4.69. The first-order valence-electron chi connectivity index (χ1n) is 6.69. The molecule has 3 aromatic rings. The van der Waals surface area contributed by atoms with Crippen LogP contribution in [0.4, 0.5) is 5.95 Å². The lowest BCUT2D eigenvalue weighted by Crippen LogP contribution is -2.25. The number of carbonyl (C=O) groups excluding carboxylic acids is 1. The van der Waals surface area contributed by atoms with E-state index in [4.69, 9.17) is 10.2 Å². The number of nitrogens with zero attached hydrogens (tertiary/aromatic N) is 4. The van der Waals surface area contributed by atoms with Crippen LogP contribution < -0.4 is 5.73 Å². The molecular formula is C14H12N6O2. The number of hydrogen-bond acceptors (Lipinski definition) is 6. The number of aromatic nitrogens is 4. The maximum absolute atomic E-state index is 12.5. The molecule has 0 unspecified atom stereocenters. The number of H-pyrrole nitrogens is 1. The molecule has 8 heteroatoms. The topological polar surface area (TPSA) is 114 Å². The van der Waals surface area contributed by atoms with Crippen molar-refractivity contribution < 1.29 is 9.21 Å². The number of aromatic amines is 1. The van der Waals surface area contributed by atoms with E-state index in [9.17, 15) is 4.79 Å². The summed E-state index contributed by atoms with van der Waals surface area (Å²) in [6, 6.07) is 5.24. The monoisotopic (exact) mass is 296 g/mol. The van der Waals surface area contributed by atoms with Crippen LogP contribution in [-0.2, 0) is 13.1 Å². The van der Waals surface area contributed by atoms with E-state index in [-0.39, 0.29) is 11.9 Å². The number of hydrogen-bond donors (Lipinski definition) is 2. The first-order valence-corrected chi connectivity index (χ1v) is 6.69. The lowest BCUT2D eigenvalue weighted by atomic mass is 10.3. The average Bonchev–Trinajstić information content (AvgIpc) is 3.24. The molecule has 0 bridgehead atoms. The number of amides is 1. The highest BCUT2D eigenvalue weighted by molar-refractivity contribution is 5.93. The molecule has 0 aliphatic carbocycles. The maximum atomic E-state index is 12.5. The van der Waals surface area contributed by atoms with Crippen molar-refractivity contribution in [2.24, 2.45) is 0 Å². The third kappa shape index (κ3) is 2.01. The van der Waals surface area contributed by atoms with Gasteiger partial charge in [-0.25, -0.2) is 9.97 Å². The van der Waals surface area contributed by atoms with Crippen molar-refractivity contribution in [3.63, 3.8) is 0 Å². The average molecular weight is 296 g/mol. The van der Waals surface area contributed by atoms with Gasteiger partial charge >= 0.3 is 0 Å². The number of carbonyl (C=O) groups is 1. The molecule has 0 radical (unpaired) electrons. The summed E-state index contributed by atoms with van der Waals surface area (Å²) in [5, 5.41) is 6.86. The molecule has 0 saturated carbocycles. The SMILES string of the molecule is Nc1ncc2c(n1)CN(C(=O)c1cc(-c3ccco3)[nH]n1)C2. The summed E-state index contributed by atoms with van der Waals surface area (Å²) in [5.41, 5.74) is 8.25. The maximum Gasteiger partial charge on any atom is 0.275 e. The third-order valence-corrected chi connectivity index (χ3v) is 3.55. The summed E-state index contributed by atoms with van der Waals surface area (Å²) < 4.78 is 5.27. The molecule has 4 heterocycles. The van der Waals surface area contributed by atoms with Crippen molar-refractivity contribution in [1.82, 2.24) is 25.1 Å². The number of anilines is 1. The molecule has 3 aromatic heterocycles. The minimum atomic E-state index is -0.175. The van der Waals surface area contributed by atoms with Gasteiger partial charge in [-0.15, -0.1) is 0 Å². The Morgan fingerprint density at radius 2 is 2.32 bits per heavy atom. The van der Waals surface area contributed by atoms with Crippen molar-refractivity contribution in [1.29, 1.82) is 0 Å². The van der Waals surface area contributed by atoms with Gasteiger partial charge in [0.25, 0.3) is 5.91 Å². The van der Waals surface area contributed by atoms with Gasteiger partial charge in [0, 0.05) is 24.4 Å². The number of furan rings is 1. The summed E-state index contributed by atoms with van der Waals surface area (Å²) in [6.45, 7) is 0.862. The van der Waals surface area contributed by atoms with Gasteiger partial charge in [0.05, 0.1) is 18.5 Å². The zero-order chi connectivity index (χ0) is 15.1. The van der Waals surface area contributed by atoms with Crippen LogP contribution in [0, 0.1) is 0 Å². The van der Waals surface area contributed by atoms with Gasteiger partial charge in [-0.1, -0.05) is 0 Å². The predicted molar refractivity (Wildman–Crippen MR) is 76.3 cm³/mol. The number of nitrogens with two attached hydrogens (primary N) is 1. The van der Waals surface area contributed by atoms with E-state index >= 15 is 0 Å². The Kier molecular flexibility index (Phi) is 2.68. The fraction of sp³-hybridized carbons (Fsp3) is 0.143. The summed E-state index contributed by atoms with van der Waals surface area (Å²) in [4.78, 5) is 22.3. The van der Waals surface area contributed by atoms with Crippen molar-refractivity contribution in [2.45, 2.75) is 13.1 Å². The first kappa shape index (κ1) is 12.6. The molecule has 8 nitrogen and oxygen atoms in total. The molecule has 110 valence electrons. The van der Waals surface area contributed by atoms with Crippen molar-refractivity contribution in [3.8, 4) is 11.5 Å². The highest BCUT2D eigenvalue weighted by Crippen LogP contribution is 2.24. The zero-order valence-corrected chi connectivity index (χ0v) is 11.5. The van der Waals surface area contributed by atoms with E-state index < -0.39 is 0 Å². The van der Waals surface area contributed by atoms with Crippen molar-refractivity contribution >= 4 is 11.9 Å². The van der Waals surface area contributed by atoms with E-state index in [1.165, 1.54) is 0 Å². The fourth-order valence-corrected chi connectivity index (χ4v) is 2.46. The lowest BCUT2D eigenvalue weighted by molar-refractivity contribution is 0.0744. The van der Waals surface area contributed by atoms with Gasteiger partial charge in [-0.3, -0.25) is 9.89 Å². The van der Waals surface area contributed by atoms with Crippen LogP contribution in [0.2, 0.25) is 0 Å². The van der Waals surface area contributed by atoms with Gasteiger partial charge in [-0.2, -0.15) is 5.10 Å². The largest absolute Gasteiger partial charge is 0.463 e. The Balaban J connectivity index is 1.56. The van der Waals surface area contributed by atoms with Crippen LogP contribution in [0.5, 0.6) is 0 Å². The van der Waals surface area contributed by atoms with Gasteiger partial charge in [-0.05, 0) is 12.1 Å². The van der Waals surface area contributed by atoms with Crippen LogP contribution in [0.1, 0.15) is 21.7 Å². The number of nitrogen functional groups attached to an aromatic ring is 1. The van der Waals surface area contributed by atoms with Crippen molar-refractivity contribution in [3.05, 3.63) is 47.6 Å². The third-order valence-electron chi connectivity index (χ3n) is 3.55. The number of nitrogens with one attached hydrogen (secondary N) is 1. The molecular weight excluding hydrogens is 284 g/mol. The molecule has 4 rings (SSSR count). The minimum absolute atomic E-state index is 0.175. The molecule has 3 N–H and O–H groups in total. The standard InChI is InChI=1S/C14H12N6O2/c15-14-16-5-8-6-20(7-11(8)17-14)13(21)10-4-9(18-19-10)12-2-1-3-22-12/h1-5H,6-7H2,(H,18,19)(H2,15,16,17). The van der Waals surface area contributed by atoms with Gasteiger partial charge in [0.15, 0.2) is 11.5 Å². The second-order valence-corrected chi connectivity index (χ2v) is 5.01. The zero-order valence-electron chi connectivity index (χ0n) is 11.5. The van der Waals surface area contributed by atoms with Crippen LogP contribution >= 0.6 is 0 Å². The second-order valence-electron chi connectivity index (χ2n) is 5.01. The molecule has 1 amide bonds. The summed E-state index contributed by atoms with van der Waals surface area (Å²) >= 11 is 0. The summed E-state index contributed by atoms with van der Waals surface area (Å²) in [7, 11) is 0. The van der Waals surface area contributed by atoms with Gasteiger partial charge in [0.2, 0.25) is 5.95 Å². The van der Waals surface area contributed by atoms with Crippen LogP contribution in [-0.4, -0.2) is 31.0 Å². The predicted octanol–water partition coefficient (Wildman–Crippen LogP) is 1.20. The fourth-order valence-electron chi connectivity index (χ4n) is 2.46. The van der Waals surface area contributed by atoms with Crippen LogP contribution in [0.3, 0.4) is 0 Å². The molecule has 1 aliphatic rings. The number of rotatable bonds is 2. The molecule has 0 atom stereocenters. The van der Waals surface area contributed by atoms with E-state index in [2.05, 4.69) is 20.2 Å². The number of fused-ring (bicyclic) bond motifs is 1. The molecule has 0 saturated heterocycles. The summed E-state index contributed by atoms with van der Waals surface area (Å²) in [6.07, 6.45) is 3.22. The lowest BCUT2D eigenvalue weighted by Gasteiger charge is -2.12. The Bertz CT molecular complexity index is 839. The smallest absolute Gasteiger partial charge is 0.275 e. The van der Waals surface area contributed by atoms with Crippen molar-refractivity contribution in [2.75, 3.05) is 5.73 Å². The Labute approximate surface area is 125 Å². The van der Waals surface area contributed by atoms with E-state index in [0.29, 0.717) is 30.2 Å². The molecule has 1 aliphatic heterocycles. The molecule has 0 aromatic carbocycles. The highest BCUT2D eigenvalue weighted by Gasteiger charge is 2.27. The van der Waals surface area contributed by atoms with Crippen LogP contribution in [0.25, 0.3) is 11.5 Å². The van der Waals surface area contributed by atoms with E-state index in [0.717, 1.165) is 11.3 Å². The highest BCUT2D eigenvalue weighted by atomic mass is 16.3. The quantitative estimate of drug-likeness (QED) is 0.734. The molecule has 0 spiro atoms. The molecule has 22 heavy (non-hydrogen) atoms. The Morgan fingerprint density at radius 3 is 3.14 bits per heavy atom. The molecule has 0 fully saturated rings.